The minimum absolute atomic E-state index is 0.0297. The number of ether oxygens (including phenoxy) is 1. The molecule has 1 aromatic rings. The number of hydrogen-bond acceptors (Lipinski definition) is 3. The molecule has 2 rings (SSSR count). The average molecular weight is 288 g/mol. The van der Waals surface area contributed by atoms with Crippen LogP contribution in [0.5, 0.6) is 5.75 Å². The maximum atomic E-state index is 12.4. The summed E-state index contributed by atoms with van der Waals surface area (Å²) in [6, 6.07) is 6.31. The van der Waals surface area contributed by atoms with Crippen LogP contribution in [0.2, 0.25) is 0 Å². The predicted molar refractivity (Wildman–Crippen MR) is 70.5 cm³/mol. The summed E-state index contributed by atoms with van der Waals surface area (Å²) < 4.78 is 41.2. The highest BCUT2D eigenvalue weighted by molar-refractivity contribution is 5.33. The van der Waals surface area contributed by atoms with E-state index in [4.69, 9.17) is 0 Å². The Labute approximate surface area is 116 Å². The van der Waals surface area contributed by atoms with Crippen LogP contribution in [0.25, 0.3) is 0 Å². The summed E-state index contributed by atoms with van der Waals surface area (Å²) in [6.07, 6.45) is -4.65. The fourth-order valence-electron chi connectivity index (χ4n) is 2.48. The van der Waals surface area contributed by atoms with Crippen molar-refractivity contribution in [2.24, 2.45) is 0 Å². The first-order valence-electron chi connectivity index (χ1n) is 6.56. The molecule has 6 heteroatoms. The van der Waals surface area contributed by atoms with Gasteiger partial charge in [-0.15, -0.1) is 13.2 Å². The summed E-state index contributed by atoms with van der Waals surface area (Å²) in [7, 11) is 0. The smallest absolute Gasteiger partial charge is 0.405 e. The molecule has 3 nitrogen and oxygen atoms in total. The van der Waals surface area contributed by atoms with Crippen LogP contribution in [0.3, 0.4) is 0 Å². The molecule has 112 valence electrons. The Balaban J connectivity index is 2.09. The molecule has 0 spiro atoms. The molecular weight excluding hydrogens is 269 g/mol. The Kier molecular flexibility index (Phi) is 4.25. The summed E-state index contributed by atoms with van der Waals surface area (Å²) in [5.41, 5.74) is 0.528. The molecule has 0 radical (unpaired) electrons. The van der Waals surface area contributed by atoms with E-state index in [1.807, 2.05) is 0 Å². The molecule has 0 amide bonds. The lowest BCUT2D eigenvalue weighted by molar-refractivity contribution is -0.275. The van der Waals surface area contributed by atoms with Crippen molar-refractivity contribution in [3.63, 3.8) is 0 Å². The number of benzene rings is 1. The summed E-state index contributed by atoms with van der Waals surface area (Å²) >= 11 is 0. The van der Waals surface area contributed by atoms with Gasteiger partial charge >= 0.3 is 6.36 Å². The third-order valence-electron chi connectivity index (χ3n) is 3.24. The molecule has 1 heterocycles. The summed E-state index contributed by atoms with van der Waals surface area (Å²) in [5.74, 6) is -0.115. The van der Waals surface area contributed by atoms with E-state index >= 15 is 0 Å². The number of para-hydroxylation sites is 1. The molecule has 1 aliphatic rings. The summed E-state index contributed by atoms with van der Waals surface area (Å²) in [4.78, 5) is 2.13. The molecule has 1 aliphatic heterocycles. The van der Waals surface area contributed by atoms with Gasteiger partial charge in [-0.05, 0) is 19.9 Å². The Morgan fingerprint density at radius 3 is 2.65 bits per heavy atom. The van der Waals surface area contributed by atoms with Crippen LogP contribution in [0, 0.1) is 0 Å². The zero-order chi connectivity index (χ0) is 14.8. The first kappa shape index (κ1) is 15.1. The number of hydrogen-bond donors (Lipinski definition) is 1. The van der Waals surface area contributed by atoms with Crippen molar-refractivity contribution in [2.75, 3.05) is 19.6 Å². The SMILES string of the molecule is CC1(C)CN(Cc2ccccc2OC(F)(F)F)CCN1. The minimum Gasteiger partial charge on any atom is -0.405 e. The van der Waals surface area contributed by atoms with Crippen molar-refractivity contribution in [1.29, 1.82) is 0 Å². The molecule has 20 heavy (non-hydrogen) atoms. The molecule has 0 atom stereocenters. The lowest BCUT2D eigenvalue weighted by Crippen LogP contribution is -2.56. The van der Waals surface area contributed by atoms with Gasteiger partial charge in [-0.25, -0.2) is 0 Å². The average Bonchev–Trinajstić information content (AvgIpc) is 2.28. The van der Waals surface area contributed by atoms with Gasteiger partial charge in [-0.3, -0.25) is 4.90 Å². The van der Waals surface area contributed by atoms with Crippen LogP contribution in [0.1, 0.15) is 19.4 Å². The van der Waals surface area contributed by atoms with Crippen molar-refractivity contribution < 1.29 is 17.9 Å². The van der Waals surface area contributed by atoms with Crippen molar-refractivity contribution in [1.82, 2.24) is 10.2 Å². The maximum Gasteiger partial charge on any atom is 0.573 e. The first-order valence-corrected chi connectivity index (χ1v) is 6.56. The fourth-order valence-corrected chi connectivity index (χ4v) is 2.48. The fraction of sp³-hybridized carbons (Fsp3) is 0.571. The van der Waals surface area contributed by atoms with E-state index in [2.05, 4.69) is 28.8 Å². The Hall–Kier alpha value is -1.27. The lowest BCUT2D eigenvalue weighted by atomic mass is 10.0. The van der Waals surface area contributed by atoms with Gasteiger partial charge in [0.15, 0.2) is 0 Å². The van der Waals surface area contributed by atoms with Crippen molar-refractivity contribution >= 4 is 0 Å². The molecule has 1 aromatic carbocycles. The number of piperazine rings is 1. The Morgan fingerprint density at radius 1 is 1.30 bits per heavy atom. The highest BCUT2D eigenvalue weighted by atomic mass is 19.4. The van der Waals surface area contributed by atoms with E-state index in [1.165, 1.54) is 6.07 Å². The maximum absolute atomic E-state index is 12.4. The van der Waals surface area contributed by atoms with E-state index in [9.17, 15) is 13.2 Å². The topological polar surface area (TPSA) is 24.5 Å². The molecule has 0 unspecified atom stereocenters. The number of nitrogens with zero attached hydrogens (tertiary/aromatic N) is 1. The number of rotatable bonds is 3. The summed E-state index contributed by atoms with van der Waals surface area (Å²) in [6.45, 7) is 7.04. The molecule has 0 aromatic heterocycles. The number of alkyl halides is 3. The standard InChI is InChI=1S/C14H19F3N2O/c1-13(2)10-19(8-7-18-13)9-11-5-3-4-6-12(11)20-14(15,16)17/h3-6,18H,7-10H2,1-2H3. The monoisotopic (exact) mass is 288 g/mol. The number of nitrogens with one attached hydrogen (secondary N) is 1. The number of halogens is 3. The van der Waals surface area contributed by atoms with E-state index in [-0.39, 0.29) is 11.3 Å². The second kappa shape index (κ2) is 5.61. The van der Waals surface area contributed by atoms with E-state index < -0.39 is 6.36 Å². The summed E-state index contributed by atoms with van der Waals surface area (Å²) in [5, 5.41) is 3.37. The van der Waals surface area contributed by atoms with Crippen LogP contribution < -0.4 is 10.1 Å². The third-order valence-corrected chi connectivity index (χ3v) is 3.24. The predicted octanol–water partition coefficient (Wildman–Crippen LogP) is 2.77. The highest BCUT2D eigenvalue weighted by Crippen LogP contribution is 2.27. The van der Waals surface area contributed by atoms with Crippen molar-refractivity contribution in [3.8, 4) is 5.75 Å². The van der Waals surface area contributed by atoms with Crippen LogP contribution in [0.4, 0.5) is 13.2 Å². The molecule has 1 saturated heterocycles. The Bertz CT molecular complexity index is 460. The van der Waals surface area contributed by atoms with E-state index in [1.54, 1.807) is 18.2 Å². The zero-order valence-electron chi connectivity index (χ0n) is 11.6. The molecule has 0 bridgehead atoms. The van der Waals surface area contributed by atoms with Crippen LogP contribution in [-0.2, 0) is 6.54 Å². The largest absolute Gasteiger partial charge is 0.573 e. The van der Waals surface area contributed by atoms with E-state index in [0.717, 1.165) is 19.6 Å². The zero-order valence-corrected chi connectivity index (χ0v) is 11.6. The van der Waals surface area contributed by atoms with Gasteiger partial charge in [0, 0.05) is 37.3 Å². The Morgan fingerprint density at radius 2 is 2.00 bits per heavy atom. The molecule has 1 N–H and O–H groups in total. The molecule has 1 fully saturated rings. The quantitative estimate of drug-likeness (QED) is 0.925. The van der Waals surface area contributed by atoms with Crippen LogP contribution >= 0.6 is 0 Å². The van der Waals surface area contributed by atoms with Gasteiger partial charge in [0.05, 0.1) is 0 Å². The second-order valence-corrected chi connectivity index (χ2v) is 5.68. The lowest BCUT2D eigenvalue weighted by Gasteiger charge is -2.39. The minimum atomic E-state index is -4.65. The third kappa shape index (κ3) is 4.38. The first-order chi connectivity index (χ1) is 9.25. The molecule has 0 aliphatic carbocycles. The normalized spacial score (nSPS) is 19.9. The van der Waals surface area contributed by atoms with Crippen LogP contribution in [-0.4, -0.2) is 36.4 Å². The van der Waals surface area contributed by atoms with Gasteiger partial charge in [0.1, 0.15) is 5.75 Å². The molecule has 0 saturated carbocycles. The van der Waals surface area contributed by atoms with Gasteiger partial charge in [0.25, 0.3) is 0 Å². The molecular formula is C14H19F3N2O. The van der Waals surface area contributed by atoms with Gasteiger partial charge in [-0.2, -0.15) is 0 Å². The van der Waals surface area contributed by atoms with Crippen molar-refractivity contribution in [3.05, 3.63) is 29.8 Å². The van der Waals surface area contributed by atoms with Crippen LogP contribution in [0.15, 0.2) is 24.3 Å². The highest BCUT2D eigenvalue weighted by Gasteiger charge is 2.32. The van der Waals surface area contributed by atoms with Gasteiger partial charge in [-0.1, -0.05) is 18.2 Å². The van der Waals surface area contributed by atoms with Gasteiger partial charge in [0.2, 0.25) is 0 Å². The van der Waals surface area contributed by atoms with Gasteiger partial charge < -0.3 is 10.1 Å². The second-order valence-electron chi connectivity index (χ2n) is 5.68. The van der Waals surface area contributed by atoms with Crippen molar-refractivity contribution in [2.45, 2.75) is 32.3 Å². The van der Waals surface area contributed by atoms with E-state index in [0.29, 0.717) is 12.1 Å².